The molecular weight excluding hydrogens is 404 g/mol. The molecule has 0 saturated heterocycles. The fourth-order valence-electron chi connectivity index (χ4n) is 4.58. The van der Waals surface area contributed by atoms with Crippen LogP contribution in [0.1, 0.15) is 49.7 Å². The number of anilines is 1. The van der Waals surface area contributed by atoms with Crippen molar-refractivity contribution >= 4 is 23.3 Å². The zero-order chi connectivity index (χ0) is 22.7. The number of rotatable bonds is 6. The average Bonchev–Trinajstić information content (AvgIpc) is 2.76. The van der Waals surface area contributed by atoms with Crippen LogP contribution in [0.25, 0.3) is 0 Å². The Morgan fingerprint density at radius 2 is 1.81 bits per heavy atom. The summed E-state index contributed by atoms with van der Waals surface area (Å²) in [7, 11) is 0. The Bertz CT molecular complexity index is 1070. The van der Waals surface area contributed by atoms with E-state index >= 15 is 0 Å². The number of ether oxygens (including phenoxy) is 1. The molecule has 2 aromatic carbocycles. The molecule has 1 heterocycles. The number of benzene rings is 2. The highest BCUT2D eigenvalue weighted by Gasteiger charge is 2.37. The summed E-state index contributed by atoms with van der Waals surface area (Å²) >= 11 is 0. The first-order valence-corrected chi connectivity index (χ1v) is 11.1. The second kappa shape index (κ2) is 9.39. The summed E-state index contributed by atoms with van der Waals surface area (Å²) in [5.74, 6) is -0.117. The first kappa shape index (κ1) is 21.8. The van der Waals surface area contributed by atoms with Crippen LogP contribution in [0.3, 0.4) is 0 Å². The second-order valence-corrected chi connectivity index (χ2v) is 8.44. The van der Waals surface area contributed by atoms with Crippen molar-refractivity contribution in [2.24, 2.45) is 5.92 Å². The van der Waals surface area contributed by atoms with E-state index < -0.39 is 5.92 Å². The molecule has 2 aliphatic rings. The smallest absolute Gasteiger partial charge is 0.228 e. The molecule has 2 N–H and O–H groups in total. The highest BCUT2D eigenvalue weighted by atomic mass is 16.5. The molecule has 0 saturated carbocycles. The number of carbonyl (C=O) groups excluding carboxylic acids is 3. The van der Waals surface area contributed by atoms with E-state index in [4.69, 9.17) is 4.74 Å². The van der Waals surface area contributed by atoms with Crippen molar-refractivity contribution in [3.63, 3.8) is 0 Å². The van der Waals surface area contributed by atoms with Gasteiger partial charge in [0, 0.05) is 29.8 Å². The van der Waals surface area contributed by atoms with E-state index in [1.54, 1.807) is 24.3 Å². The van der Waals surface area contributed by atoms with Gasteiger partial charge in [-0.1, -0.05) is 24.3 Å². The van der Waals surface area contributed by atoms with Gasteiger partial charge in [-0.05, 0) is 68.0 Å². The molecule has 6 nitrogen and oxygen atoms in total. The van der Waals surface area contributed by atoms with Gasteiger partial charge >= 0.3 is 0 Å². The zero-order valence-electron chi connectivity index (χ0n) is 18.4. The molecule has 0 aromatic heterocycles. The molecule has 0 radical (unpaired) electrons. The lowest BCUT2D eigenvalue weighted by Crippen LogP contribution is -2.41. The molecular formula is C26H28N2O4. The van der Waals surface area contributed by atoms with Crippen LogP contribution in [0, 0.1) is 12.8 Å². The van der Waals surface area contributed by atoms with Crippen molar-refractivity contribution in [1.29, 1.82) is 0 Å². The van der Waals surface area contributed by atoms with Crippen LogP contribution in [0.15, 0.2) is 59.8 Å². The monoisotopic (exact) mass is 432 g/mol. The summed E-state index contributed by atoms with van der Waals surface area (Å²) in [6.07, 6.45) is 1.43. The normalized spacial score (nSPS) is 20.4. The quantitative estimate of drug-likeness (QED) is 0.714. The van der Waals surface area contributed by atoms with Crippen LogP contribution in [0.5, 0.6) is 5.75 Å². The summed E-state index contributed by atoms with van der Waals surface area (Å²) in [6.45, 7) is 4.53. The molecule has 2 atom stereocenters. The molecule has 2 aromatic rings. The number of Topliss-reactive ketones (excluding diaryl/α,β-unsaturated/α-hetero) is 1. The van der Waals surface area contributed by atoms with Crippen LogP contribution >= 0.6 is 0 Å². The van der Waals surface area contributed by atoms with E-state index in [9.17, 15) is 14.4 Å². The molecule has 32 heavy (non-hydrogen) atoms. The largest absolute Gasteiger partial charge is 0.494 e. The molecule has 1 aliphatic carbocycles. The Morgan fingerprint density at radius 1 is 1.06 bits per heavy atom. The number of ketones is 1. The Morgan fingerprint density at radius 3 is 2.53 bits per heavy atom. The van der Waals surface area contributed by atoms with Gasteiger partial charge < -0.3 is 15.4 Å². The number of hydrogen-bond acceptors (Lipinski definition) is 4. The Labute approximate surface area is 188 Å². The summed E-state index contributed by atoms with van der Waals surface area (Å²) < 4.78 is 5.40. The predicted octanol–water partition coefficient (Wildman–Crippen LogP) is 4.26. The molecule has 6 heteroatoms. The molecule has 166 valence electrons. The van der Waals surface area contributed by atoms with Gasteiger partial charge in [-0.3, -0.25) is 14.4 Å². The van der Waals surface area contributed by atoms with Crippen molar-refractivity contribution in [2.45, 2.75) is 45.4 Å². The van der Waals surface area contributed by atoms with Crippen molar-refractivity contribution < 1.29 is 19.1 Å². The molecule has 0 fully saturated rings. The summed E-state index contributed by atoms with van der Waals surface area (Å²) in [5.41, 5.74) is 4.35. The third kappa shape index (κ3) is 4.74. The number of amides is 2. The number of hydrogen-bond donors (Lipinski definition) is 2. The van der Waals surface area contributed by atoms with Gasteiger partial charge in [0.25, 0.3) is 0 Å². The summed E-state index contributed by atoms with van der Waals surface area (Å²) in [5, 5.41) is 5.75. The van der Waals surface area contributed by atoms with Gasteiger partial charge in [-0.15, -0.1) is 0 Å². The highest BCUT2D eigenvalue weighted by molar-refractivity contribution is 6.02. The molecule has 4 rings (SSSR count). The Hall–Kier alpha value is -3.41. The van der Waals surface area contributed by atoms with Crippen LogP contribution in [0.2, 0.25) is 0 Å². The van der Waals surface area contributed by atoms with Gasteiger partial charge in [0.2, 0.25) is 11.8 Å². The van der Waals surface area contributed by atoms with Gasteiger partial charge in [-0.2, -0.15) is 0 Å². The van der Waals surface area contributed by atoms with Crippen LogP contribution in [-0.2, 0) is 14.4 Å². The van der Waals surface area contributed by atoms with Crippen molar-refractivity contribution in [2.75, 3.05) is 11.9 Å². The van der Waals surface area contributed by atoms with Gasteiger partial charge in [0.1, 0.15) is 5.75 Å². The zero-order valence-corrected chi connectivity index (χ0v) is 18.4. The second-order valence-electron chi connectivity index (χ2n) is 8.44. The highest BCUT2D eigenvalue weighted by Crippen LogP contribution is 2.39. The van der Waals surface area contributed by atoms with E-state index in [1.807, 2.05) is 32.0 Å². The fraction of sp³-hybridized carbons (Fsp3) is 0.346. The van der Waals surface area contributed by atoms with Crippen molar-refractivity contribution in [1.82, 2.24) is 5.32 Å². The first-order chi connectivity index (χ1) is 15.4. The maximum Gasteiger partial charge on any atom is 0.228 e. The maximum atomic E-state index is 12.9. The van der Waals surface area contributed by atoms with E-state index in [2.05, 4.69) is 16.7 Å². The number of nitrogens with one attached hydrogen (secondary N) is 2. The minimum absolute atomic E-state index is 0.0321. The first-order valence-electron chi connectivity index (χ1n) is 11.1. The van der Waals surface area contributed by atoms with E-state index in [-0.39, 0.29) is 29.9 Å². The molecule has 2 amide bonds. The molecule has 0 spiro atoms. The average molecular weight is 433 g/mol. The lowest BCUT2D eigenvalue weighted by Gasteiger charge is -2.33. The molecule has 0 bridgehead atoms. The third-order valence-electron chi connectivity index (χ3n) is 6.19. The van der Waals surface area contributed by atoms with Gasteiger partial charge in [0.05, 0.1) is 12.5 Å². The lowest BCUT2D eigenvalue weighted by molar-refractivity contribution is -0.129. The van der Waals surface area contributed by atoms with E-state index in [0.717, 1.165) is 22.6 Å². The van der Waals surface area contributed by atoms with Crippen LogP contribution in [0.4, 0.5) is 5.69 Å². The minimum Gasteiger partial charge on any atom is -0.494 e. The Kier molecular flexibility index (Phi) is 6.40. The van der Waals surface area contributed by atoms with Crippen molar-refractivity contribution in [3.8, 4) is 5.75 Å². The fourth-order valence-corrected chi connectivity index (χ4v) is 4.58. The number of allylic oxidation sites excluding steroid dienone is 2. The predicted molar refractivity (Wildman–Crippen MR) is 122 cm³/mol. The number of aryl methyl sites for hydroxylation is 1. The summed E-state index contributed by atoms with van der Waals surface area (Å²) in [4.78, 5) is 38.2. The standard InChI is InChI=1S/C26H28N2O4/c1-3-32-20-10-8-19(9-11-20)27-25(30)15-18-12-22-23(28-26(18)31)13-17(14-24(22)29)21-7-5-4-6-16(21)2/h4-11,17-18H,3,12-15H2,1-2H3,(H,27,30)(H,28,31)/t17-,18-/m0/s1. The Balaban J connectivity index is 1.41. The summed E-state index contributed by atoms with van der Waals surface area (Å²) in [6, 6.07) is 15.2. The topological polar surface area (TPSA) is 84.5 Å². The van der Waals surface area contributed by atoms with E-state index in [1.165, 1.54) is 0 Å². The molecule has 1 aliphatic heterocycles. The van der Waals surface area contributed by atoms with Crippen molar-refractivity contribution in [3.05, 3.63) is 70.9 Å². The lowest BCUT2D eigenvalue weighted by atomic mass is 9.76. The third-order valence-corrected chi connectivity index (χ3v) is 6.19. The van der Waals surface area contributed by atoms with Gasteiger partial charge in [0.15, 0.2) is 5.78 Å². The minimum atomic E-state index is -0.546. The maximum absolute atomic E-state index is 12.9. The van der Waals surface area contributed by atoms with Crippen LogP contribution < -0.4 is 15.4 Å². The number of carbonyl (C=O) groups is 3. The van der Waals surface area contributed by atoms with Crippen LogP contribution in [-0.4, -0.2) is 24.2 Å². The van der Waals surface area contributed by atoms with Gasteiger partial charge in [-0.25, -0.2) is 0 Å². The SMILES string of the molecule is CCOc1ccc(NC(=O)C[C@@H]2CC3=C(C[C@H](c4ccccc4C)CC3=O)NC2=O)cc1. The van der Waals surface area contributed by atoms with E-state index in [0.29, 0.717) is 37.1 Å². The molecule has 0 unspecified atom stereocenters.